The Balaban J connectivity index is 1.37. The van der Waals surface area contributed by atoms with Crippen LogP contribution in [0.2, 0.25) is 0 Å². The second-order valence-electron chi connectivity index (χ2n) is 17.9. The number of carbonyl (C=O) groups is 3. The summed E-state index contributed by atoms with van der Waals surface area (Å²) in [5, 5.41) is 0. The van der Waals surface area contributed by atoms with Gasteiger partial charge in [0.1, 0.15) is 18.3 Å². The monoisotopic (exact) mass is 710 g/mol. The lowest BCUT2D eigenvalue weighted by atomic mass is 9.43. The number of fused-ring (bicyclic) bond motifs is 5. The van der Waals surface area contributed by atoms with E-state index < -0.39 is 5.41 Å². The van der Waals surface area contributed by atoms with Gasteiger partial charge < -0.3 is 14.2 Å². The van der Waals surface area contributed by atoms with E-state index in [4.69, 9.17) is 14.2 Å². The molecule has 0 spiro atoms. The first-order valence-corrected chi connectivity index (χ1v) is 20.1. The van der Waals surface area contributed by atoms with Gasteiger partial charge in [-0.2, -0.15) is 0 Å². The molecule has 0 amide bonds. The van der Waals surface area contributed by atoms with Crippen LogP contribution in [0, 0.1) is 51.8 Å². The van der Waals surface area contributed by atoms with Crippen LogP contribution in [0.5, 0.6) is 0 Å². The zero-order chi connectivity index (χ0) is 37.4. The summed E-state index contributed by atoms with van der Waals surface area (Å²) in [7, 11) is 0. The van der Waals surface area contributed by atoms with Gasteiger partial charge in [-0.3, -0.25) is 14.4 Å². The van der Waals surface area contributed by atoms with E-state index in [-0.39, 0.29) is 70.7 Å². The maximum absolute atomic E-state index is 14.0. The summed E-state index contributed by atoms with van der Waals surface area (Å²) in [5.41, 5.74) is 2.79. The van der Waals surface area contributed by atoms with E-state index in [1.165, 1.54) is 30.5 Å². The summed E-state index contributed by atoms with van der Waals surface area (Å²) in [5.74, 6) is 1.000. The van der Waals surface area contributed by atoms with E-state index in [9.17, 15) is 14.4 Å². The van der Waals surface area contributed by atoms with Crippen molar-refractivity contribution < 1.29 is 28.6 Å². The molecule has 0 bridgehead atoms. The molecule has 1 unspecified atom stereocenters. The minimum Gasteiger partial charge on any atom is -0.463 e. The largest absolute Gasteiger partial charge is 0.463 e. The van der Waals surface area contributed by atoms with Crippen LogP contribution in [0.15, 0.2) is 66.7 Å². The summed E-state index contributed by atoms with van der Waals surface area (Å²) < 4.78 is 18.9. The van der Waals surface area contributed by atoms with Gasteiger partial charge in [0.15, 0.2) is 0 Å². The third kappa shape index (κ3) is 7.25. The Labute approximate surface area is 312 Å². The lowest BCUT2D eigenvalue weighted by Gasteiger charge is -2.64. The van der Waals surface area contributed by atoms with Crippen LogP contribution in [0.1, 0.15) is 124 Å². The molecular formula is C46H62O6. The topological polar surface area (TPSA) is 78.9 Å². The van der Waals surface area contributed by atoms with E-state index in [0.29, 0.717) is 18.3 Å². The molecule has 0 heterocycles. The highest BCUT2D eigenvalue weighted by molar-refractivity contribution is 5.79. The van der Waals surface area contributed by atoms with Crippen molar-refractivity contribution in [3.8, 4) is 0 Å². The number of allylic oxidation sites excluding steroid dienone is 1. The fourth-order valence-electron chi connectivity index (χ4n) is 11.5. The summed E-state index contributed by atoms with van der Waals surface area (Å²) in [6.07, 6.45) is 9.69. The molecule has 6 heteroatoms. The summed E-state index contributed by atoms with van der Waals surface area (Å²) >= 11 is 0. The number of ether oxygens (including phenoxy) is 3. The molecule has 6 rings (SSSR count). The first-order chi connectivity index (χ1) is 24.7. The second-order valence-corrected chi connectivity index (χ2v) is 17.9. The highest BCUT2D eigenvalue weighted by Gasteiger charge is 2.68. The Bertz CT molecular complexity index is 1570. The molecule has 0 aliphatic heterocycles. The maximum Gasteiger partial charge on any atom is 0.311 e. The van der Waals surface area contributed by atoms with Gasteiger partial charge in [-0.25, -0.2) is 0 Å². The van der Waals surface area contributed by atoms with Gasteiger partial charge in [0.2, 0.25) is 0 Å². The Morgan fingerprint density at radius 3 is 2.02 bits per heavy atom. The van der Waals surface area contributed by atoms with Gasteiger partial charge in [0.25, 0.3) is 0 Å². The number of benzene rings is 2. The number of hydrogen-bond donors (Lipinski definition) is 0. The van der Waals surface area contributed by atoms with Gasteiger partial charge in [-0.05, 0) is 123 Å². The molecule has 0 N–H and O–H groups in total. The summed E-state index contributed by atoms with van der Waals surface area (Å²) in [6, 6.07) is 21.3. The summed E-state index contributed by atoms with van der Waals surface area (Å²) in [6.45, 7) is 16.3. The Hall–Kier alpha value is -3.41. The first-order valence-electron chi connectivity index (χ1n) is 20.1. The molecule has 4 aliphatic carbocycles. The summed E-state index contributed by atoms with van der Waals surface area (Å²) in [4.78, 5) is 38.7. The minimum atomic E-state index is -0.577. The standard InChI is InChI=1S/C46H62O6/c1-9-44(5,6)43(49)52-41-28-39-42(40(51-31(4)48)27-34-26-35(50-30(3)47)24-25-45(34,39)7)38-23-22-37(46(38,41)8)29(2)20-21-36(32-16-12-10-13-17-32)33-18-14-11-15-19-33/h10-19,21,29,34-35,37-42H,9,20,22-28H2,1-8H3/t29?,34-,35+,37+,38-,39-,40+,41-,42-,45-,46+/m0/s1. The van der Waals surface area contributed by atoms with Crippen LogP contribution in [0.4, 0.5) is 0 Å². The highest BCUT2D eigenvalue weighted by Crippen LogP contribution is 2.69. The average Bonchev–Trinajstić information content (AvgIpc) is 3.47. The fraction of sp³-hybridized carbons (Fsp3) is 0.630. The molecule has 4 aliphatic rings. The zero-order valence-corrected chi connectivity index (χ0v) is 32.9. The van der Waals surface area contributed by atoms with Crippen molar-refractivity contribution in [1.82, 2.24) is 0 Å². The fourth-order valence-corrected chi connectivity index (χ4v) is 11.5. The third-order valence-corrected chi connectivity index (χ3v) is 14.6. The predicted octanol–water partition coefficient (Wildman–Crippen LogP) is 10.2. The van der Waals surface area contributed by atoms with Gasteiger partial charge in [0, 0.05) is 25.2 Å². The van der Waals surface area contributed by atoms with Crippen molar-refractivity contribution in [1.29, 1.82) is 0 Å². The zero-order valence-electron chi connectivity index (χ0n) is 32.9. The van der Waals surface area contributed by atoms with Gasteiger partial charge in [0.05, 0.1) is 5.41 Å². The van der Waals surface area contributed by atoms with Crippen LogP contribution in [0.25, 0.3) is 5.57 Å². The van der Waals surface area contributed by atoms with E-state index >= 15 is 0 Å². The van der Waals surface area contributed by atoms with Gasteiger partial charge in [-0.15, -0.1) is 0 Å². The Morgan fingerprint density at radius 1 is 0.827 bits per heavy atom. The van der Waals surface area contributed by atoms with Crippen LogP contribution < -0.4 is 0 Å². The molecule has 282 valence electrons. The van der Waals surface area contributed by atoms with E-state index in [1.807, 2.05) is 13.8 Å². The lowest BCUT2D eigenvalue weighted by molar-refractivity contribution is -0.227. The Kier molecular flexibility index (Phi) is 11.2. The number of rotatable bonds is 10. The van der Waals surface area contributed by atoms with Crippen molar-refractivity contribution in [3.63, 3.8) is 0 Å². The molecule has 52 heavy (non-hydrogen) atoms. The van der Waals surface area contributed by atoms with Crippen molar-refractivity contribution in [3.05, 3.63) is 77.9 Å². The van der Waals surface area contributed by atoms with Crippen molar-refractivity contribution in [2.75, 3.05) is 0 Å². The van der Waals surface area contributed by atoms with Crippen LogP contribution in [-0.2, 0) is 28.6 Å². The normalized spacial score (nSPS) is 34.5. The molecule has 0 saturated heterocycles. The maximum atomic E-state index is 14.0. The average molecular weight is 711 g/mol. The van der Waals surface area contributed by atoms with Gasteiger partial charge in [-0.1, -0.05) is 94.4 Å². The molecule has 11 atom stereocenters. The molecule has 4 saturated carbocycles. The second kappa shape index (κ2) is 15.1. The highest BCUT2D eigenvalue weighted by atomic mass is 16.6. The van der Waals surface area contributed by atoms with Crippen molar-refractivity contribution in [2.24, 2.45) is 51.8 Å². The van der Waals surface area contributed by atoms with Crippen LogP contribution >= 0.6 is 0 Å². The number of carbonyl (C=O) groups excluding carboxylic acids is 3. The molecule has 2 aromatic carbocycles. The quantitative estimate of drug-likeness (QED) is 0.180. The van der Waals surface area contributed by atoms with E-state index in [1.54, 1.807) is 0 Å². The minimum absolute atomic E-state index is 0.0308. The third-order valence-electron chi connectivity index (χ3n) is 14.6. The smallest absolute Gasteiger partial charge is 0.311 e. The molecule has 0 radical (unpaired) electrons. The molecule has 6 nitrogen and oxygen atoms in total. The van der Waals surface area contributed by atoms with E-state index in [2.05, 4.69) is 94.4 Å². The van der Waals surface area contributed by atoms with E-state index in [0.717, 1.165) is 51.4 Å². The predicted molar refractivity (Wildman–Crippen MR) is 205 cm³/mol. The molecular weight excluding hydrogens is 649 g/mol. The van der Waals surface area contributed by atoms with Crippen LogP contribution in [0.3, 0.4) is 0 Å². The van der Waals surface area contributed by atoms with Crippen molar-refractivity contribution >= 4 is 23.5 Å². The molecule has 4 fully saturated rings. The first kappa shape index (κ1) is 38.3. The number of esters is 3. The van der Waals surface area contributed by atoms with Crippen LogP contribution in [-0.4, -0.2) is 36.2 Å². The lowest BCUT2D eigenvalue weighted by Crippen LogP contribution is -2.63. The van der Waals surface area contributed by atoms with Gasteiger partial charge >= 0.3 is 17.9 Å². The SMILES string of the molecule is CCC(C)(C)C(=O)O[C@H]1C[C@H]2[C@@H]([C@H](OC(C)=O)C[C@@H]3C[C@H](OC(C)=O)CC[C@@]32C)[C@@H]2CC[C@H](C(C)CC=C(c3ccccc3)c3ccccc3)[C@@]12C. The molecule has 2 aromatic rings. The van der Waals surface area contributed by atoms with Crippen molar-refractivity contribution in [2.45, 2.75) is 131 Å². The number of hydrogen-bond acceptors (Lipinski definition) is 6. The Morgan fingerprint density at radius 2 is 1.44 bits per heavy atom. The molecule has 0 aromatic heterocycles.